The Morgan fingerprint density at radius 1 is 1.27 bits per heavy atom. The number of rotatable bonds is 4. The molecule has 26 heavy (non-hydrogen) atoms. The summed E-state index contributed by atoms with van der Waals surface area (Å²) in [5, 5.41) is 14.3. The minimum absolute atomic E-state index is 0.158. The second-order valence-corrected chi connectivity index (χ2v) is 7.27. The molecule has 0 aliphatic rings. The fourth-order valence-electron chi connectivity index (χ4n) is 2.51. The predicted octanol–water partition coefficient (Wildman–Crippen LogP) is 5.11. The molecule has 0 aliphatic carbocycles. The number of nitrogens with zero attached hydrogens (tertiary/aromatic N) is 2. The molecule has 1 heterocycles. The van der Waals surface area contributed by atoms with E-state index in [9.17, 15) is 10.1 Å². The van der Waals surface area contributed by atoms with Crippen molar-refractivity contribution in [3.63, 3.8) is 0 Å². The Labute approximate surface area is 161 Å². The Morgan fingerprint density at radius 2 is 2.08 bits per heavy atom. The number of thioether (sulfide) groups is 1. The lowest BCUT2D eigenvalue weighted by molar-refractivity contribution is -0.113. The SMILES string of the molecule is Cc1ccc2cc(C#N)c(SCC(=O)Nc3cccc(Cl)c3C)nc2c1. The van der Waals surface area contributed by atoms with Gasteiger partial charge in [0, 0.05) is 16.1 Å². The molecular weight excluding hydrogens is 366 g/mol. The Morgan fingerprint density at radius 3 is 2.85 bits per heavy atom. The molecule has 130 valence electrons. The van der Waals surface area contributed by atoms with Gasteiger partial charge in [-0.15, -0.1) is 0 Å². The van der Waals surface area contributed by atoms with Crippen LogP contribution in [-0.2, 0) is 4.79 Å². The van der Waals surface area contributed by atoms with E-state index in [-0.39, 0.29) is 11.7 Å². The number of nitrogens with one attached hydrogen (secondary N) is 1. The molecule has 0 atom stereocenters. The highest BCUT2D eigenvalue weighted by Crippen LogP contribution is 2.26. The van der Waals surface area contributed by atoms with Gasteiger partial charge in [-0.2, -0.15) is 5.26 Å². The number of fused-ring (bicyclic) bond motifs is 1. The standard InChI is InChI=1S/C20H16ClN3OS/c1-12-6-7-14-9-15(10-22)20(24-18(14)8-12)26-11-19(25)23-17-5-3-4-16(21)13(17)2/h3-9H,11H2,1-2H3,(H,23,25). The quantitative estimate of drug-likeness (QED) is 0.638. The fourth-order valence-corrected chi connectivity index (χ4v) is 3.45. The van der Waals surface area contributed by atoms with E-state index in [2.05, 4.69) is 16.4 Å². The van der Waals surface area contributed by atoms with Gasteiger partial charge in [0.1, 0.15) is 11.1 Å². The third kappa shape index (κ3) is 3.98. The summed E-state index contributed by atoms with van der Waals surface area (Å²) >= 11 is 7.33. The number of hydrogen-bond donors (Lipinski definition) is 1. The van der Waals surface area contributed by atoms with Gasteiger partial charge < -0.3 is 5.32 Å². The largest absolute Gasteiger partial charge is 0.325 e. The smallest absolute Gasteiger partial charge is 0.234 e. The van der Waals surface area contributed by atoms with Gasteiger partial charge in [-0.3, -0.25) is 4.79 Å². The first kappa shape index (κ1) is 18.2. The van der Waals surface area contributed by atoms with Gasteiger partial charge in [-0.1, -0.05) is 41.6 Å². The molecule has 0 unspecified atom stereocenters. The lowest BCUT2D eigenvalue weighted by Gasteiger charge is -2.10. The van der Waals surface area contributed by atoms with Gasteiger partial charge in [0.25, 0.3) is 0 Å². The highest BCUT2D eigenvalue weighted by Gasteiger charge is 2.12. The molecule has 3 rings (SSSR count). The minimum atomic E-state index is -0.171. The number of halogens is 1. The van der Waals surface area contributed by atoms with Crippen molar-refractivity contribution < 1.29 is 4.79 Å². The van der Waals surface area contributed by atoms with E-state index < -0.39 is 0 Å². The van der Waals surface area contributed by atoms with Gasteiger partial charge in [0.2, 0.25) is 5.91 Å². The van der Waals surface area contributed by atoms with E-state index in [4.69, 9.17) is 11.6 Å². The van der Waals surface area contributed by atoms with Crippen molar-refractivity contribution in [2.24, 2.45) is 0 Å². The normalized spacial score (nSPS) is 10.5. The highest BCUT2D eigenvalue weighted by molar-refractivity contribution is 8.00. The fraction of sp³-hybridized carbons (Fsp3) is 0.150. The number of nitriles is 1. The van der Waals surface area contributed by atoms with Crippen LogP contribution in [0.2, 0.25) is 5.02 Å². The van der Waals surface area contributed by atoms with Crippen LogP contribution in [0.15, 0.2) is 47.5 Å². The van der Waals surface area contributed by atoms with Gasteiger partial charge >= 0.3 is 0 Å². The maximum Gasteiger partial charge on any atom is 0.234 e. The lowest BCUT2D eigenvalue weighted by Crippen LogP contribution is -2.15. The van der Waals surface area contributed by atoms with Crippen molar-refractivity contribution >= 4 is 45.9 Å². The molecule has 2 aromatic carbocycles. The number of carbonyl (C=O) groups is 1. The van der Waals surface area contributed by atoms with Crippen LogP contribution in [-0.4, -0.2) is 16.6 Å². The van der Waals surface area contributed by atoms with Gasteiger partial charge in [0.15, 0.2) is 0 Å². The monoisotopic (exact) mass is 381 g/mol. The number of aromatic nitrogens is 1. The number of aryl methyl sites for hydroxylation is 1. The molecule has 0 saturated heterocycles. The maximum absolute atomic E-state index is 12.3. The number of pyridine rings is 1. The van der Waals surface area contributed by atoms with Crippen LogP contribution in [0.4, 0.5) is 5.69 Å². The average molecular weight is 382 g/mol. The molecule has 1 N–H and O–H groups in total. The third-order valence-electron chi connectivity index (χ3n) is 3.94. The van der Waals surface area contributed by atoms with Crippen molar-refractivity contribution in [3.05, 3.63) is 64.2 Å². The van der Waals surface area contributed by atoms with Gasteiger partial charge in [-0.05, 0) is 49.2 Å². The van der Waals surface area contributed by atoms with Crippen LogP contribution < -0.4 is 5.32 Å². The zero-order valence-corrected chi connectivity index (χ0v) is 15.9. The van der Waals surface area contributed by atoms with Gasteiger partial charge in [0.05, 0.1) is 16.8 Å². The first-order valence-electron chi connectivity index (χ1n) is 7.97. The summed E-state index contributed by atoms with van der Waals surface area (Å²) in [6.45, 7) is 3.85. The molecular formula is C20H16ClN3OS. The molecule has 0 fully saturated rings. The molecule has 6 heteroatoms. The highest BCUT2D eigenvalue weighted by atomic mass is 35.5. The van der Waals surface area contributed by atoms with Crippen molar-refractivity contribution in [1.29, 1.82) is 5.26 Å². The van der Waals surface area contributed by atoms with Crippen molar-refractivity contribution in [2.45, 2.75) is 18.9 Å². The molecule has 1 amide bonds. The van der Waals surface area contributed by atoms with E-state index in [1.54, 1.807) is 12.1 Å². The Balaban J connectivity index is 1.77. The summed E-state index contributed by atoms with van der Waals surface area (Å²) in [6, 6.07) is 15.2. The summed E-state index contributed by atoms with van der Waals surface area (Å²) < 4.78 is 0. The summed E-state index contributed by atoms with van der Waals surface area (Å²) in [5.74, 6) is -0.0132. The van der Waals surface area contributed by atoms with Crippen LogP contribution in [0.1, 0.15) is 16.7 Å². The molecule has 0 radical (unpaired) electrons. The van der Waals surface area contributed by atoms with Gasteiger partial charge in [-0.25, -0.2) is 4.98 Å². The zero-order chi connectivity index (χ0) is 18.7. The zero-order valence-electron chi connectivity index (χ0n) is 14.3. The summed E-state index contributed by atoms with van der Waals surface area (Å²) in [5.41, 5.74) is 3.89. The minimum Gasteiger partial charge on any atom is -0.325 e. The van der Waals surface area contributed by atoms with E-state index in [0.29, 0.717) is 21.3 Å². The van der Waals surface area contributed by atoms with Crippen molar-refractivity contribution in [1.82, 2.24) is 4.98 Å². The van der Waals surface area contributed by atoms with E-state index >= 15 is 0 Å². The Hall–Kier alpha value is -2.55. The second-order valence-electron chi connectivity index (χ2n) is 5.90. The van der Waals surface area contributed by atoms with Crippen LogP contribution in [0.3, 0.4) is 0 Å². The molecule has 0 bridgehead atoms. The predicted molar refractivity (Wildman–Crippen MR) is 107 cm³/mol. The van der Waals surface area contributed by atoms with E-state index in [1.165, 1.54) is 11.8 Å². The number of hydrogen-bond acceptors (Lipinski definition) is 4. The summed E-state index contributed by atoms with van der Waals surface area (Å²) in [7, 11) is 0. The molecule has 0 spiro atoms. The van der Waals surface area contributed by atoms with E-state index in [0.717, 1.165) is 22.0 Å². The topological polar surface area (TPSA) is 65.8 Å². The molecule has 0 saturated carbocycles. The van der Waals surface area contributed by atoms with Crippen LogP contribution in [0.25, 0.3) is 10.9 Å². The Bertz CT molecular complexity index is 1040. The lowest BCUT2D eigenvalue weighted by atomic mass is 10.1. The van der Waals surface area contributed by atoms with E-state index in [1.807, 2.05) is 44.2 Å². The Kier molecular flexibility index (Phi) is 5.46. The molecule has 1 aromatic heterocycles. The number of amides is 1. The number of carbonyl (C=O) groups excluding carboxylic acids is 1. The third-order valence-corrected chi connectivity index (χ3v) is 5.34. The number of benzene rings is 2. The van der Waals surface area contributed by atoms with Crippen LogP contribution >= 0.6 is 23.4 Å². The number of anilines is 1. The summed E-state index contributed by atoms with van der Waals surface area (Å²) in [4.78, 5) is 16.8. The van der Waals surface area contributed by atoms with Crippen molar-refractivity contribution in [2.75, 3.05) is 11.1 Å². The molecule has 4 nitrogen and oxygen atoms in total. The molecule has 0 aliphatic heterocycles. The second kappa shape index (κ2) is 7.77. The maximum atomic E-state index is 12.3. The summed E-state index contributed by atoms with van der Waals surface area (Å²) in [6.07, 6.45) is 0. The first-order chi connectivity index (χ1) is 12.5. The average Bonchev–Trinajstić information content (AvgIpc) is 2.63. The van der Waals surface area contributed by atoms with Crippen LogP contribution in [0, 0.1) is 25.2 Å². The van der Waals surface area contributed by atoms with Crippen molar-refractivity contribution in [3.8, 4) is 6.07 Å². The molecule has 3 aromatic rings. The van der Waals surface area contributed by atoms with Crippen LogP contribution in [0.5, 0.6) is 0 Å². The first-order valence-corrected chi connectivity index (χ1v) is 9.33.